The number of hydrogen-bond donors (Lipinski definition) is 1. The van der Waals surface area contributed by atoms with Crippen molar-refractivity contribution in [1.82, 2.24) is 5.32 Å². The molecule has 1 aromatic carbocycles. The van der Waals surface area contributed by atoms with E-state index in [1.807, 2.05) is 26.1 Å². The summed E-state index contributed by atoms with van der Waals surface area (Å²) >= 11 is 4.90. The first-order valence-electron chi connectivity index (χ1n) is 5.31. The summed E-state index contributed by atoms with van der Waals surface area (Å²) in [6, 6.07) is 7.54. The molecule has 90 valence electrons. The van der Waals surface area contributed by atoms with Gasteiger partial charge in [0.25, 0.3) is 0 Å². The second kappa shape index (κ2) is 5.29. The number of benzene rings is 1. The molecule has 0 radical (unpaired) electrons. The van der Waals surface area contributed by atoms with Crippen molar-refractivity contribution in [3.05, 3.63) is 45.0 Å². The van der Waals surface area contributed by atoms with E-state index in [1.54, 1.807) is 17.4 Å². The van der Waals surface area contributed by atoms with Crippen LogP contribution in [0.5, 0.6) is 0 Å². The van der Waals surface area contributed by atoms with Gasteiger partial charge in [0.1, 0.15) is 5.82 Å². The number of nitrogens with one attached hydrogen (secondary N) is 1. The average molecular weight is 314 g/mol. The van der Waals surface area contributed by atoms with Crippen molar-refractivity contribution in [3.8, 4) is 10.4 Å². The minimum atomic E-state index is -0.214. The molecule has 0 aliphatic heterocycles. The lowest BCUT2D eigenvalue weighted by molar-refractivity contribution is 0.621. The Hall–Kier alpha value is -0.710. The van der Waals surface area contributed by atoms with Crippen LogP contribution in [-0.4, -0.2) is 7.05 Å². The summed E-state index contributed by atoms with van der Waals surface area (Å²) in [5.41, 5.74) is 2.05. The van der Waals surface area contributed by atoms with E-state index in [1.165, 1.54) is 4.88 Å². The fourth-order valence-electron chi connectivity index (χ4n) is 1.70. The van der Waals surface area contributed by atoms with E-state index in [0.717, 1.165) is 22.5 Å². The normalized spacial score (nSPS) is 10.8. The fourth-order valence-corrected chi connectivity index (χ4v) is 3.26. The molecule has 0 aliphatic carbocycles. The Morgan fingerprint density at radius 2 is 2.12 bits per heavy atom. The zero-order valence-corrected chi connectivity index (χ0v) is 12.1. The Morgan fingerprint density at radius 1 is 1.35 bits per heavy atom. The van der Waals surface area contributed by atoms with Crippen molar-refractivity contribution in [2.45, 2.75) is 13.5 Å². The van der Waals surface area contributed by atoms with Gasteiger partial charge in [-0.15, -0.1) is 11.3 Å². The monoisotopic (exact) mass is 313 g/mol. The second-order valence-corrected chi connectivity index (χ2v) is 5.90. The molecule has 2 aromatic rings. The molecule has 0 saturated carbocycles. The van der Waals surface area contributed by atoms with Gasteiger partial charge in [-0.1, -0.05) is 0 Å². The highest BCUT2D eigenvalue weighted by atomic mass is 79.9. The summed E-state index contributed by atoms with van der Waals surface area (Å²) < 4.78 is 14.1. The number of thiophene rings is 1. The van der Waals surface area contributed by atoms with Gasteiger partial charge >= 0.3 is 0 Å². The SMILES string of the molecule is CNCc1ccc(-c2cc(F)c(Br)cc2C)s1. The molecule has 4 heteroatoms. The Balaban J connectivity index is 2.41. The van der Waals surface area contributed by atoms with Gasteiger partial charge in [0.15, 0.2) is 0 Å². The van der Waals surface area contributed by atoms with Crippen molar-refractivity contribution < 1.29 is 4.39 Å². The third kappa shape index (κ3) is 2.76. The zero-order chi connectivity index (χ0) is 12.4. The largest absolute Gasteiger partial charge is 0.315 e. The fraction of sp³-hybridized carbons (Fsp3) is 0.231. The van der Waals surface area contributed by atoms with Crippen LogP contribution in [0.2, 0.25) is 0 Å². The highest BCUT2D eigenvalue weighted by molar-refractivity contribution is 9.10. The molecule has 2 rings (SSSR count). The number of halogens is 2. The lowest BCUT2D eigenvalue weighted by Gasteiger charge is -2.05. The zero-order valence-electron chi connectivity index (χ0n) is 9.68. The topological polar surface area (TPSA) is 12.0 Å². The molecule has 0 spiro atoms. The summed E-state index contributed by atoms with van der Waals surface area (Å²) in [5, 5.41) is 3.11. The van der Waals surface area contributed by atoms with Gasteiger partial charge in [-0.3, -0.25) is 0 Å². The number of hydrogen-bond acceptors (Lipinski definition) is 2. The lowest BCUT2D eigenvalue weighted by Crippen LogP contribution is -2.02. The molecule has 1 aromatic heterocycles. The molecule has 0 unspecified atom stereocenters. The first kappa shape index (κ1) is 12.7. The van der Waals surface area contributed by atoms with Crippen LogP contribution in [0.4, 0.5) is 4.39 Å². The maximum atomic E-state index is 13.5. The predicted molar refractivity (Wildman–Crippen MR) is 74.9 cm³/mol. The molecule has 0 fully saturated rings. The number of rotatable bonds is 3. The van der Waals surface area contributed by atoms with Crippen LogP contribution in [0.25, 0.3) is 10.4 Å². The van der Waals surface area contributed by atoms with Crippen LogP contribution < -0.4 is 5.32 Å². The third-order valence-electron chi connectivity index (χ3n) is 2.55. The van der Waals surface area contributed by atoms with Crippen LogP contribution in [0.15, 0.2) is 28.7 Å². The quantitative estimate of drug-likeness (QED) is 0.888. The van der Waals surface area contributed by atoms with Crippen molar-refractivity contribution >= 4 is 27.3 Å². The average Bonchev–Trinajstić information content (AvgIpc) is 2.72. The summed E-state index contributed by atoms with van der Waals surface area (Å²) in [6.45, 7) is 2.85. The van der Waals surface area contributed by atoms with Crippen molar-refractivity contribution in [3.63, 3.8) is 0 Å². The molecule has 0 bridgehead atoms. The molecular formula is C13H13BrFNS. The molecule has 0 aliphatic rings. The van der Waals surface area contributed by atoms with Crippen LogP contribution in [0, 0.1) is 12.7 Å². The highest BCUT2D eigenvalue weighted by Crippen LogP contribution is 2.33. The lowest BCUT2D eigenvalue weighted by atomic mass is 10.1. The maximum Gasteiger partial charge on any atom is 0.138 e. The summed E-state index contributed by atoms with van der Waals surface area (Å²) in [6.07, 6.45) is 0. The smallest absolute Gasteiger partial charge is 0.138 e. The highest BCUT2D eigenvalue weighted by Gasteiger charge is 2.09. The van der Waals surface area contributed by atoms with E-state index in [9.17, 15) is 4.39 Å². The molecule has 1 nitrogen and oxygen atoms in total. The Bertz CT molecular complexity index is 536. The Kier molecular flexibility index (Phi) is 3.97. The van der Waals surface area contributed by atoms with E-state index >= 15 is 0 Å². The second-order valence-electron chi connectivity index (χ2n) is 3.88. The Morgan fingerprint density at radius 3 is 2.82 bits per heavy atom. The first-order chi connectivity index (χ1) is 8.11. The van der Waals surface area contributed by atoms with E-state index in [-0.39, 0.29) is 5.82 Å². The van der Waals surface area contributed by atoms with Crippen LogP contribution in [0.3, 0.4) is 0 Å². The predicted octanol–water partition coefficient (Wildman–Crippen LogP) is 4.34. The van der Waals surface area contributed by atoms with Crippen molar-refractivity contribution in [2.24, 2.45) is 0 Å². The van der Waals surface area contributed by atoms with E-state index in [0.29, 0.717) is 4.47 Å². The van der Waals surface area contributed by atoms with E-state index in [4.69, 9.17) is 0 Å². The molecule has 1 N–H and O–H groups in total. The summed E-state index contributed by atoms with van der Waals surface area (Å²) in [7, 11) is 1.92. The molecule has 0 saturated heterocycles. The third-order valence-corrected chi connectivity index (χ3v) is 4.27. The minimum Gasteiger partial charge on any atom is -0.315 e. The van der Waals surface area contributed by atoms with Gasteiger partial charge in [0, 0.05) is 16.3 Å². The van der Waals surface area contributed by atoms with Gasteiger partial charge in [-0.2, -0.15) is 0 Å². The van der Waals surface area contributed by atoms with Gasteiger partial charge in [0.2, 0.25) is 0 Å². The number of aryl methyl sites for hydroxylation is 1. The molecule has 0 amide bonds. The van der Waals surface area contributed by atoms with Gasteiger partial charge in [0.05, 0.1) is 4.47 Å². The summed E-state index contributed by atoms with van der Waals surface area (Å²) in [4.78, 5) is 2.37. The van der Waals surface area contributed by atoms with Crippen molar-refractivity contribution in [2.75, 3.05) is 7.05 Å². The van der Waals surface area contributed by atoms with E-state index < -0.39 is 0 Å². The van der Waals surface area contributed by atoms with E-state index in [2.05, 4.69) is 27.3 Å². The van der Waals surface area contributed by atoms with Crippen molar-refractivity contribution in [1.29, 1.82) is 0 Å². The van der Waals surface area contributed by atoms with Gasteiger partial charge in [-0.05, 0) is 65.3 Å². The van der Waals surface area contributed by atoms with Crippen LogP contribution in [0.1, 0.15) is 10.4 Å². The summed E-state index contributed by atoms with van der Waals surface area (Å²) in [5.74, 6) is -0.214. The molecule has 1 heterocycles. The molecular weight excluding hydrogens is 301 g/mol. The standard InChI is InChI=1S/C13H13BrFNS/c1-8-5-11(14)12(15)6-10(8)13-4-3-9(17-13)7-16-2/h3-6,16H,7H2,1-2H3. The van der Waals surface area contributed by atoms with Gasteiger partial charge in [-0.25, -0.2) is 4.39 Å². The Labute approximate surface area is 113 Å². The van der Waals surface area contributed by atoms with Gasteiger partial charge < -0.3 is 5.32 Å². The minimum absolute atomic E-state index is 0.214. The molecule has 0 atom stereocenters. The van der Waals surface area contributed by atoms with Crippen LogP contribution in [-0.2, 0) is 6.54 Å². The first-order valence-corrected chi connectivity index (χ1v) is 6.92. The van der Waals surface area contributed by atoms with Crippen LogP contribution >= 0.6 is 27.3 Å². The maximum absolute atomic E-state index is 13.5. The molecule has 17 heavy (non-hydrogen) atoms.